The molecule has 4 amide bonds. The average molecular weight is 669 g/mol. The van der Waals surface area contributed by atoms with E-state index in [1.165, 1.54) is 30.2 Å². The van der Waals surface area contributed by atoms with Crippen LogP contribution in [0.4, 0.5) is 16.2 Å². The lowest BCUT2D eigenvalue weighted by Gasteiger charge is -2.17. The van der Waals surface area contributed by atoms with Crippen molar-refractivity contribution in [2.45, 2.75) is 32.4 Å². The van der Waals surface area contributed by atoms with Crippen LogP contribution in [0.15, 0.2) is 71.3 Å². The summed E-state index contributed by atoms with van der Waals surface area (Å²) in [5.74, 6) is -1.60. The minimum Gasteiger partial charge on any atom is -0.495 e. The number of carbonyl (C=O) groups is 4. The van der Waals surface area contributed by atoms with Gasteiger partial charge in [0.2, 0.25) is 5.91 Å². The first-order valence-corrected chi connectivity index (χ1v) is 14.7. The largest absolute Gasteiger partial charge is 0.495 e. The highest BCUT2D eigenvalue weighted by atomic mass is 35.5. The molecule has 0 aliphatic carbocycles. The van der Waals surface area contributed by atoms with Crippen molar-refractivity contribution >= 4 is 58.4 Å². The van der Waals surface area contributed by atoms with E-state index >= 15 is 0 Å². The number of aliphatic carboxylic acids is 1. The summed E-state index contributed by atoms with van der Waals surface area (Å²) in [6, 6.07) is 16.6. The molecule has 1 unspecified atom stereocenters. The first-order valence-electron chi connectivity index (χ1n) is 13.9. The Kier molecular flexibility index (Phi) is 11.2. The molecule has 4 N–H and O–H groups in total. The quantitative estimate of drug-likeness (QED) is 0.152. The fraction of sp³-hybridized carbons (Fsp3) is 0.219. The number of benzene rings is 3. The summed E-state index contributed by atoms with van der Waals surface area (Å²) in [5.41, 5.74) is 2.89. The van der Waals surface area contributed by atoms with Gasteiger partial charge in [0.1, 0.15) is 11.8 Å². The highest BCUT2D eigenvalue weighted by Gasteiger charge is 2.25. The first-order chi connectivity index (χ1) is 21.9. The Hall–Kier alpha value is -5.07. The van der Waals surface area contributed by atoms with Crippen LogP contribution in [0.1, 0.15) is 32.9 Å². The molecule has 0 radical (unpaired) electrons. The van der Waals surface area contributed by atoms with E-state index in [2.05, 4.69) is 21.1 Å². The van der Waals surface area contributed by atoms with Crippen LogP contribution in [0.25, 0.3) is 0 Å². The third-order valence-electron chi connectivity index (χ3n) is 6.90. The monoisotopic (exact) mass is 667 g/mol. The van der Waals surface area contributed by atoms with Crippen LogP contribution in [0.2, 0.25) is 10.0 Å². The molecular weight excluding hydrogens is 637 g/mol. The smallest absolute Gasteiger partial charge is 0.326 e. The van der Waals surface area contributed by atoms with Crippen LogP contribution in [-0.2, 0) is 29.0 Å². The van der Waals surface area contributed by atoms with E-state index in [-0.39, 0.29) is 46.6 Å². The molecule has 240 valence electrons. The number of carboxylic acid groups (broad SMARTS) is 1. The number of nitrogens with one attached hydrogen (secondary N) is 3. The van der Waals surface area contributed by atoms with Crippen molar-refractivity contribution in [3.05, 3.63) is 105 Å². The van der Waals surface area contributed by atoms with Gasteiger partial charge in [-0.05, 0) is 48.4 Å². The number of likely N-dealkylation sites (N-methyl/N-ethyl adjacent to an activating group) is 1. The molecule has 46 heavy (non-hydrogen) atoms. The SMILES string of the molecule is COc1cc(CC(=O)N(C)Cc2cc(CC(NC(=O)c3c(Cl)cccc3Cl)C(=O)O)no2)ccc1NC(=O)Nc1ccccc1C. The number of carboxylic acids is 1. The van der Waals surface area contributed by atoms with Crippen LogP contribution in [-0.4, -0.2) is 59.2 Å². The van der Waals surface area contributed by atoms with Gasteiger partial charge in [-0.1, -0.05) is 58.7 Å². The Morgan fingerprint density at radius 1 is 0.978 bits per heavy atom. The summed E-state index contributed by atoms with van der Waals surface area (Å²) >= 11 is 12.1. The predicted octanol–water partition coefficient (Wildman–Crippen LogP) is 5.57. The number of nitrogens with zero attached hydrogens (tertiary/aromatic N) is 2. The molecule has 1 aromatic heterocycles. The number of methoxy groups -OCH3 is 1. The van der Waals surface area contributed by atoms with Crippen molar-refractivity contribution in [2.75, 3.05) is 24.8 Å². The average Bonchev–Trinajstić information content (AvgIpc) is 3.45. The lowest BCUT2D eigenvalue weighted by molar-refractivity contribution is -0.139. The number of para-hydroxylation sites is 1. The second-order valence-electron chi connectivity index (χ2n) is 10.3. The highest BCUT2D eigenvalue weighted by molar-refractivity contribution is 6.39. The molecular formula is C32H31Cl2N5O7. The number of hydrogen-bond donors (Lipinski definition) is 4. The molecule has 3 aromatic carbocycles. The van der Waals surface area contributed by atoms with Crippen molar-refractivity contribution in [2.24, 2.45) is 0 Å². The van der Waals surface area contributed by atoms with E-state index < -0.39 is 23.9 Å². The number of rotatable bonds is 12. The number of carbonyl (C=O) groups excluding carboxylic acids is 3. The fourth-order valence-electron chi connectivity index (χ4n) is 4.45. The summed E-state index contributed by atoms with van der Waals surface area (Å²) in [6.45, 7) is 1.94. The maximum atomic E-state index is 13.0. The number of ether oxygens (including phenoxy) is 1. The molecule has 0 fully saturated rings. The number of aryl methyl sites for hydroxylation is 1. The van der Waals surface area contributed by atoms with Gasteiger partial charge in [-0.25, -0.2) is 9.59 Å². The lowest BCUT2D eigenvalue weighted by atomic mass is 10.1. The van der Waals surface area contributed by atoms with E-state index in [1.54, 1.807) is 37.4 Å². The molecule has 12 nitrogen and oxygen atoms in total. The van der Waals surface area contributed by atoms with Crippen LogP contribution >= 0.6 is 23.2 Å². The Morgan fingerprint density at radius 3 is 2.35 bits per heavy atom. The van der Waals surface area contributed by atoms with Crippen LogP contribution in [0.3, 0.4) is 0 Å². The maximum absolute atomic E-state index is 13.0. The molecule has 0 saturated heterocycles. The Bertz CT molecular complexity index is 1740. The van der Waals surface area contributed by atoms with Crippen molar-refractivity contribution < 1.29 is 33.5 Å². The molecule has 0 spiro atoms. The molecule has 0 aliphatic heterocycles. The van der Waals surface area contributed by atoms with Crippen molar-refractivity contribution in [3.8, 4) is 5.75 Å². The van der Waals surface area contributed by atoms with Crippen LogP contribution in [0, 0.1) is 6.92 Å². The fourth-order valence-corrected chi connectivity index (χ4v) is 5.02. The van der Waals surface area contributed by atoms with Gasteiger partial charge in [0.15, 0.2) is 5.76 Å². The summed E-state index contributed by atoms with van der Waals surface area (Å²) in [7, 11) is 3.05. The number of aromatic nitrogens is 1. The van der Waals surface area contributed by atoms with E-state index in [1.807, 2.05) is 25.1 Å². The van der Waals surface area contributed by atoms with Gasteiger partial charge in [-0.15, -0.1) is 0 Å². The number of hydrogen-bond acceptors (Lipinski definition) is 7. The first kappa shape index (κ1) is 33.8. The standard InChI is InChI=1S/C32H31Cl2N5O7/c1-18-7-4-5-10-24(18)36-32(44)37-25-12-11-19(13-27(25)45-3)14-28(40)39(2)17-21-15-20(38-46-21)16-26(31(42)43)35-30(41)29-22(33)8-6-9-23(29)34/h4-13,15,26H,14,16-17H2,1-3H3,(H,35,41)(H,42,43)(H2,36,37,44). The Labute approximate surface area is 274 Å². The van der Waals surface area contributed by atoms with Gasteiger partial charge in [0.05, 0.1) is 47.1 Å². The third-order valence-corrected chi connectivity index (χ3v) is 7.53. The summed E-state index contributed by atoms with van der Waals surface area (Å²) < 4.78 is 10.8. The van der Waals surface area contributed by atoms with Gasteiger partial charge in [0.25, 0.3) is 5.91 Å². The van der Waals surface area contributed by atoms with Gasteiger partial charge in [0, 0.05) is 25.2 Å². The van der Waals surface area contributed by atoms with Gasteiger partial charge < -0.3 is 35.2 Å². The number of anilines is 2. The van der Waals surface area contributed by atoms with Gasteiger partial charge >= 0.3 is 12.0 Å². The topological polar surface area (TPSA) is 163 Å². The van der Waals surface area contributed by atoms with E-state index in [0.29, 0.717) is 28.4 Å². The predicted molar refractivity (Wildman–Crippen MR) is 173 cm³/mol. The molecule has 1 atom stereocenters. The molecule has 14 heteroatoms. The Balaban J connectivity index is 1.33. The summed E-state index contributed by atoms with van der Waals surface area (Å²) in [4.78, 5) is 51.5. The zero-order valence-corrected chi connectivity index (χ0v) is 26.6. The molecule has 4 aromatic rings. The van der Waals surface area contributed by atoms with E-state index in [4.69, 9.17) is 32.5 Å². The second kappa shape index (κ2) is 15.3. The Morgan fingerprint density at radius 2 is 1.67 bits per heavy atom. The molecule has 0 saturated carbocycles. The van der Waals surface area contributed by atoms with Crippen molar-refractivity contribution in [3.63, 3.8) is 0 Å². The van der Waals surface area contributed by atoms with Gasteiger partial charge in [-0.2, -0.15) is 0 Å². The zero-order chi connectivity index (χ0) is 33.4. The number of urea groups is 1. The molecule has 0 bridgehead atoms. The normalized spacial score (nSPS) is 11.3. The maximum Gasteiger partial charge on any atom is 0.326 e. The second-order valence-corrected chi connectivity index (χ2v) is 11.1. The number of amides is 4. The highest BCUT2D eigenvalue weighted by Crippen LogP contribution is 2.27. The minimum atomic E-state index is -1.35. The van der Waals surface area contributed by atoms with Crippen LogP contribution in [0.5, 0.6) is 5.75 Å². The number of halogens is 2. The zero-order valence-electron chi connectivity index (χ0n) is 25.1. The van der Waals surface area contributed by atoms with E-state index in [0.717, 1.165) is 5.56 Å². The third kappa shape index (κ3) is 8.77. The molecule has 4 rings (SSSR count). The van der Waals surface area contributed by atoms with Crippen molar-refractivity contribution in [1.29, 1.82) is 0 Å². The van der Waals surface area contributed by atoms with Crippen molar-refractivity contribution in [1.82, 2.24) is 15.4 Å². The molecule has 1 heterocycles. The minimum absolute atomic E-state index is 0.0290. The lowest BCUT2D eigenvalue weighted by Crippen LogP contribution is -2.42. The summed E-state index contributed by atoms with van der Waals surface area (Å²) in [5, 5.41) is 21.7. The summed E-state index contributed by atoms with van der Waals surface area (Å²) in [6.07, 6.45) is -0.158. The van der Waals surface area contributed by atoms with Crippen LogP contribution < -0.4 is 20.7 Å². The van der Waals surface area contributed by atoms with E-state index in [9.17, 15) is 24.3 Å². The van der Waals surface area contributed by atoms with Gasteiger partial charge in [-0.3, -0.25) is 9.59 Å². The molecule has 0 aliphatic rings.